The molecule has 1 saturated heterocycles. The summed E-state index contributed by atoms with van der Waals surface area (Å²) in [5, 5.41) is 1.99. The summed E-state index contributed by atoms with van der Waals surface area (Å²) < 4.78 is 5.41. The highest BCUT2D eigenvalue weighted by atomic mass is 16.7. The third-order valence-electron chi connectivity index (χ3n) is 5.10. The van der Waals surface area contributed by atoms with Crippen molar-refractivity contribution < 1.29 is 14.4 Å². The molecule has 0 amide bonds. The number of benzene rings is 2. The van der Waals surface area contributed by atoms with Crippen molar-refractivity contribution >= 4 is 5.97 Å². The van der Waals surface area contributed by atoms with Crippen molar-refractivity contribution in [1.29, 1.82) is 0 Å². The van der Waals surface area contributed by atoms with Crippen LogP contribution in [0.5, 0.6) is 0 Å². The Kier molecular flexibility index (Phi) is 4.32. The molecule has 1 heterocycles. The summed E-state index contributed by atoms with van der Waals surface area (Å²) in [5.74, 6) is -0.428. The van der Waals surface area contributed by atoms with Crippen LogP contribution in [0.4, 0.5) is 0 Å². The molecule has 2 fully saturated rings. The maximum absolute atomic E-state index is 12.8. The van der Waals surface area contributed by atoms with Gasteiger partial charge in [-0.15, -0.1) is 0 Å². The molecule has 2 aromatic carbocycles. The highest BCUT2D eigenvalue weighted by molar-refractivity contribution is 5.76. The lowest BCUT2D eigenvalue weighted by atomic mass is 9.88. The van der Waals surface area contributed by atoms with Gasteiger partial charge >= 0.3 is 5.97 Å². The monoisotopic (exact) mass is 337 g/mol. The van der Waals surface area contributed by atoms with Gasteiger partial charge in [0, 0.05) is 6.54 Å². The molecule has 25 heavy (non-hydrogen) atoms. The first-order valence-corrected chi connectivity index (χ1v) is 8.95. The Hall–Kier alpha value is -2.17. The average Bonchev–Trinajstić information content (AvgIpc) is 3.32. The van der Waals surface area contributed by atoms with Gasteiger partial charge in [0.15, 0.2) is 0 Å². The van der Waals surface area contributed by atoms with Gasteiger partial charge in [0.2, 0.25) is 0 Å². The minimum atomic E-state index is -0.387. The number of ether oxygens (including phenoxy) is 1. The molecule has 4 heteroatoms. The quantitative estimate of drug-likeness (QED) is 0.776. The number of carbonyl (C=O) groups excluding carboxylic acids is 1. The Balaban J connectivity index is 1.69. The van der Waals surface area contributed by atoms with E-state index in [4.69, 9.17) is 9.57 Å². The standard InChI is InChI=1S/C21H23NO3/c1-2-24-20(23)18-19(17-11-7-4-8-12-17)22(25-21(18)13-14-21)15-16-9-5-3-6-10-16/h3-12,18-19H,2,13-15H2,1H3/t18-,19-/m0/s1. The van der Waals surface area contributed by atoms with Gasteiger partial charge < -0.3 is 4.74 Å². The van der Waals surface area contributed by atoms with E-state index in [0.717, 1.165) is 18.4 Å². The van der Waals surface area contributed by atoms with Gasteiger partial charge in [0.05, 0.1) is 12.6 Å². The highest BCUT2D eigenvalue weighted by Crippen LogP contribution is 2.58. The Morgan fingerprint density at radius 1 is 1.12 bits per heavy atom. The molecule has 0 unspecified atom stereocenters. The molecule has 1 saturated carbocycles. The lowest BCUT2D eigenvalue weighted by Gasteiger charge is -2.25. The molecule has 2 aliphatic rings. The number of carbonyl (C=O) groups is 1. The Bertz CT molecular complexity index is 727. The van der Waals surface area contributed by atoms with Crippen molar-refractivity contribution in [3.8, 4) is 0 Å². The van der Waals surface area contributed by atoms with Crippen molar-refractivity contribution in [3.05, 3.63) is 71.8 Å². The number of hydroxylamine groups is 2. The van der Waals surface area contributed by atoms with E-state index in [1.165, 1.54) is 5.56 Å². The Labute approximate surface area is 148 Å². The summed E-state index contributed by atoms with van der Waals surface area (Å²) in [6.07, 6.45) is 1.82. The van der Waals surface area contributed by atoms with E-state index in [0.29, 0.717) is 13.2 Å². The molecule has 4 rings (SSSR count). The van der Waals surface area contributed by atoms with E-state index in [-0.39, 0.29) is 23.5 Å². The predicted molar refractivity (Wildman–Crippen MR) is 94.3 cm³/mol. The summed E-state index contributed by atoms with van der Waals surface area (Å²) in [6.45, 7) is 2.90. The first-order valence-electron chi connectivity index (χ1n) is 8.95. The van der Waals surface area contributed by atoms with E-state index in [2.05, 4.69) is 24.3 Å². The predicted octanol–water partition coefficient (Wildman–Crippen LogP) is 3.89. The van der Waals surface area contributed by atoms with Crippen molar-refractivity contribution in [3.63, 3.8) is 0 Å². The smallest absolute Gasteiger partial charge is 0.314 e. The summed E-state index contributed by atoms with van der Waals surface area (Å²) in [6, 6.07) is 20.3. The van der Waals surface area contributed by atoms with E-state index < -0.39 is 0 Å². The third kappa shape index (κ3) is 3.08. The second-order valence-electron chi connectivity index (χ2n) is 6.80. The van der Waals surface area contributed by atoms with Crippen LogP contribution in [-0.2, 0) is 20.9 Å². The van der Waals surface area contributed by atoms with Crippen LogP contribution in [0.2, 0.25) is 0 Å². The molecule has 0 bridgehead atoms. The number of hydrogen-bond acceptors (Lipinski definition) is 4. The van der Waals surface area contributed by atoms with Crippen LogP contribution in [0.25, 0.3) is 0 Å². The summed E-state index contributed by atoms with van der Waals surface area (Å²) in [4.78, 5) is 19.1. The van der Waals surface area contributed by atoms with Gasteiger partial charge in [0.1, 0.15) is 11.5 Å². The van der Waals surface area contributed by atoms with E-state index in [1.54, 1.807) is 0 Å². The van der Waals surface area contributed by atoms with Gasteiger partial charge in [-0.3, -0.25) is 9.63 Å². The molecule has 4 nitrogen and oxygen atoms in total. The van der Waals surface area contributed by atoms with Crippen LogP contribution in [0.1, 0.15) is 36.9 Å². The molecule has 2 atom stereocenters. The molecule has 2 aromatic rings. The first-order chi connectivity index (χ1) is 12.2. The lowest BCUT2D eigenvalue weighted by molar-refractivity contribution is -0.181. The van der Waals surface area contributed by atoms with E-state index >= 15 is 0 Å². The molecule has 130 valence electrons. The SMILES string of the molecule is CCOC(=O)[C@@H]1[C@H](c2ccccc2)N(Cc2ccccc2)OC12CC2. The minimum Gasteiger partial charge on any atom is -0.466 e. The van der Waals surface area contributed by atoms with Crippen LogP contribution in [0, 0.1) is 5.92 Å². The number of esters is 1. The topological polar surface area (TPSA) is 38.8 Å². The zero-order valence-electron chi connectivity index (χ0n) is 14.4. The average molecular weight is 337 g/mol. The maximum Gasteiger partial charge on any atom is 0.314 e. The Morgan fingerprint density at radius 2 is 1.76 bits per heavy atom. The van der Waals surface area contributed by atoms with E-state index in [9.17, 15) is 4.79 Å². The van der Waals surface area contributed by atoms with Gasteiger partial charge in [0.25, 0.3) is 0 Å². The lowest BCUT2D eigenvalue weighted by Crippen LogP contribution is -2.32. The largest absolute Gasteiger partial charge is 0.466 e. The molecule has 1 aliphatic heterocycles. The van der Waals surface area contributed by atoms with Crippen LogP contribution >= 0.6 is 0 Å². The van der Waals surface area contributed by atoms with Crippen molar-refractivity contribution in [2.45, 2.75) is 38.0 Å². The highest BCUT2D eigenvalue weighted by Gasteiger charge is 2.65. The van der Waals surface area contributed by atoms with Crippen LogP contribution in [0.3, 0.4) is 0 Å². The van der Waals surface area contributed by atoms with Gasteiger partial charge in [-0.2, -0.15) is 5.06 Å². The molecule has 0 aromatic heterocycles. The Morgan fingerprint density at radius 3 is 2.36 bits per heavy atom. The minimum absolute atomic E-state index is 0.122. The molecular weight excluding hydrogens is 314 g/mol. The number of rotatable bonds is 5. The fourth-order valence-electron chi connectivity index (χ4n) is 3.81. The molecule has 0 N–H and O–H groups in total. The summed E-state index contributed by atoms with van der Waals surface area (Å²) in [7, 11) is 0. The summed E-state index contributed by atoms with van der Waals surface area (Å²) in [5.41, 5.74) is 1.88. The van der Waals surface area contributed by atoms with Crippen molar-refractivity contribution in [2.24, 2.45) is 5.92 Å². The van der Waals surface area contributed by atoms with Crippen LogP contribution in [0.15, 0.2) is 60.7 Å². The fourth-order valence-corrected chi connectivity index (χ4v) is 3.81. The molecular formula is C21H23NO3. The van der Waals surface area contributed by atoms with Crippen molar-refractivity contribution in [1.82, 2.24) is 5.06 Å². The third-order valence-corrected chi connectivity index (χ3v) is 5.10. The normalized spacial score (nSPS) is 24.4. The molecule has 1 aliphatic carbocycles. The fraction of sp³-hybridized carbons (Fsp3) is 0.381. The first kappa shape index (κ1) is 16.3. The summed E-state index contributed by atoms with van der Waals surface area (Å²) >= 11 is 0. The maximum atomic E-state index is 12.8. The van der Waals surface area contributed by atoms with Crippen LogP contribution < -0.4 is 0 Å². The number of hydrogen-bond donors (Lipinski definition) is 0. The molecule has 0 radical (unpaired) electrons. The van der Waals surface area contributed by atoms with Gasteiger partial charge in [-0.25, -0.2) is 0 Å². The van der Waals surface area contributed by atoms with Crippen LogP contribution in [-0.4, -0.2) is 23.2 Å². The van der Waals surface area contributed by atoms with Crippen molar-refractivity contribution in [2.75, 3.05) is 6.61 Å². The molecule has 1 spiro atoms. The second kappa shape index (κ2) is 6.62. The zero-order valence-corrected chi connectivity index (χ0v) is 14.4. The second-order valence-corrected chi connectivity index (χ2v) is 6.80. The number of nitrogens with zero attached hydrogens (tertiary/aromatic N) is 1. The zero-order chi connectivity index (χ0) is 17.3. The van der Waals surface area contributed by atoms with Gasteiger partial charge in [-0.1, -0.05) is 60.7 Å². The van der Waals surface area contributed by atoms with E-state index in [1.807, 2.05) is 48.4 Å². The van der Waals surface area contributed by atoms with Gasteiger partial charge in [-0.05, 0) is 30.9 Å².